The number of aliphatic hydroxyl groups excluding tert-OH is 4. The van der Waals surface area contributed by atoms with Crippen molar-refractivity contribution < 1.29 is 135 Å². The zero-order valence-electron chi connectivity index (χ0n) is 66.3. The van der Waals surface area contributed by atoms with Gasteiger partial charge in [0.25, 0.3) is 5.91 Å². The quantitative estimate of drug-likeness (QED) is 0.0145. The van der Waals surface area contributed by atoms with E-state index in [1.165, 1.54) is 89.2 Å². The Hall–Kier alpha value is -6.96. The maximum absolute atomic E-state index is 14.6. The molecule has 6 aliphatic rings. The molecule has 0 radical (unpaired) electrons. The Bertz CT molecular complexity index is 3920. The Labute approximate surface area is 691 Å². The first kappa shape index (κ1) is 95.2. The molecule has 4 fully saturated rings. The summed E-state index contributed by atoms with van der Waals surface area (Å²) in [5.41, 5.74) is 10.2. The maximum Gasteiger partial charge on any atom is 0.411 e. The highest BCUT2D eigenvalue weighted by Crippen LogP contribution is 2.49. The fraction of sp³-hybridized carbons (Fsp3) is 0.649. The van der Waals surface area contributed by atoms with Crippen molar-refractivity contribution in [3.63, 3.8) is 0 Å². The third kappa shape index (κ3) is 24.8. The summed E-state index contributed by atoms with van der Waals surface area (Å²) in [5.74, 6) is 5.92. The van der Waals surface area contributed by atoms with Crippen LogP contribution in [0.1, 0.15) is 123 Å². The number of hydrogen-bond acceptors (Lipinski definition) is 32. The standard InChI is InChI=1S/C74H104IN9O28S3/c1-16-84(39(7)85)42-33-105-51(30-46(42)100-11)110-64-59(93)56(83-112-52-29-43(86)66(38(6)106-52)114-69(97)53-34(2)55(75)62(65(103-14)61(53)101-12)111-70-60(94)63(102-13)58(92)37(5)108-70)36(4)107-71(64)109-45-22-19-17-18-20-26-74(99)31-44(87)57(80-72(98)104-15)54(45)40(74)25-27-113-115-73(8,9)32-50(91)81-82-67(95)35(3)78-68(96)41(28-47(76)88)79-49(90)24-21-23-48(89)77-10/h17-18,25,35-38,41-43,45-46,51-52,56,58-60,63-64,66,70-71,83,86,92-94,99H,16,21,23-24,27-33H2,1-15H3,(H2,76,88)(H,77,89)(H,78,96)(H,79,90)(H,80,98)(H,81,91)(H,82,95)/b18-17-,40-25+/t35-,36?,37?,38?,41-,42?,43?,45-,46?,51?,52?,56?,58?,59?,60?,63?,64?,66?,70?,71?,74-/m0/s1. The molecule has 4 heterocycles. The lowest BCUT2D eigenvalue weighted by Crippen LogP contribution is -2.65. The molecule has 17 unspecified atom stereocenters. The number of hydrogen-bond donors (Lipinski definition) is 13. The minimum Gasteiger partial charge on any atom is -0.492 e. The number of alkyl carbamates (subject to hydrolysis) is 1. The molecule has 0 saturated carbocycles. The molecule has 115 heavy (non-hydrogen) atoms. The molecule has 638 valence electrons. The first-order valence-corrected chi connectivity index (χ1v) is 41.1. The molecule has 41 heteroatoms. The lowest BCUT2D eigenvalue weighted by Gasteiger charge is -2.47. The van der Waals surface area contributed by atoms with Crippen LogP contribution in [0.25, 0.3) is 0 Å². The highest BCUT2D eigenvalue weighted by Gasteiger charge is 2.53. The van der Waals surface area contributed by atoms with Gasteiger partial charge >= 0.3 is 6.09 Å². The third-order valence-electron chi connectivity index (χ3n) is 19.4. The SMILES string of the molecule is CCN(C(C)=O)C1COC(OC2C(O[C@H]3C#C/C=C\C#C[C@]4(O)CC(=O)C(NC(=O)OC)=C3/C4=C\CSSC(C)(C)CC(=O)NNC(=O)[C@H](C)NC(=O)[C@H](CC(N)=O)NC(=O)CCCC(=O)NC)OC(C)C(NOC3CC(O)C(SC(=O)c4c(C)c(I)c(OC5OC(C)C(O)C(OC)C5O)c(OC)c4OC)C(C)O3)C2O)CC1OC. The Morgan fingerprint density at radius 2 is 1.51 bits per heavy atom. The number of benzene rings is 1. The molecular weight excluding hydrogens is 1690 g/mol. The molecule has 4 saturated heterocycles. The summed E-state index contributed by atoms with van der Waals surface area (Å²) in [4.78, 5) is 139. The number of thioether (sulfide) groups is 1. The van der Waals surface area contributed by atoms with Gasteiger partial charge in [-0.25, -0.2) is 4.79 Å². The van der Waals surface area contributed by atoms with Crippen LogP contribution in [0.15, 0.2) is 35.1 Å². The number of nitrogens with zero attached hydrogens (tertiary/aromatic N) is 1. The van der Waals surface area contributed by atoms with Crippen LogP contribution in [0.2, 0.25) is 0 Å². The Morgan fingerprint density at radius 3 is 2.15 bits per heavy atom. The van der Waals surface area contributed by atoms with Crippen molar-refractivity contribution in [3.8, 4) is 40.9 Å². The monoisotopic (exact) mass is 1790 g/mol. The number of aliphatic hydroxyl groups is 5. The van der Waals surface area contributed by atoms with Crippen LogP contribution >= 0.6 is 55.9 Å². The molecule has 7 rings (SSSR count). The average Bonchev–Trinajstić information content (AvgIpc) is 0.751. The number of hydroxylamine groups is 1. The predicted octanol–water partition coefficient (Wildman–Crippen LogP) is 0.275. The number of allylic oxidation sites excluding steroid dienone is 3. The van der Waals surface area contributed by atoms with Crippen LogP contribution < -0.4 is 57.5 Å². The molecule has 0 aromatic heterocycles. The van der Waals surface area contributed by atoms with Crippen molar-refractivity contribution in [2.75, 3.05) is 61.5 Å². The van der Waals surface area contributed by atoms with Gasteiger partial charge in [-0.3, -0.25) is 64.2 Å². The van der Waals surface area contributed by atoms with Gasteiger partial charge in [-0.2, -0.15) is 5.48 Å². The molecule has 1 aromatic carbocycles. The van der Waals surface area contributed by atoms with E-state index in [4.69, 9.17) is 67.4 Å². The Balaban J connectivity index is 1.10. The topological polar surface area (TPSA) is 505 Å². The van der Waals surface area contributed by atoms with Gasteiger partial charge in [-0.05, 0) is 102 Å². The molecule has 14 N–H and O–H groups in total. The van der Waals surface area contributed by atoms with E-state index < -0.39 is 197 Å². The molecule has 2 bridgehead atoms. The van der Waals surface area contributed by atoms with Crippen LogP contribution in [0.5, 0.6) is 17.2 Å². The van der Waals surface area contributed by atoms with Crippen molar-refractivity contribution in [3.05, 3.63) is 49.8 Å². The summed E-state index contributed by atoms with van der Waals surface area (Å²) in [5, 5.41) is 67.3. The van der Waals surface area contributed by atoms with E-state index in [9.17, 15) is 73.5 Å². The van der Waals surface area contributed by atoms with Crippen LogP contribution in [0.4, 0.5) is 4.79 Å². The number of methoxy groups -OCH3 is 5. The summed E-state index contributed by atoms with van der Waals surface area (Å²) < 4.78 is 72.1. The van der Waals surface area contributed by atoms with Crippen LogP contribution in [-0.4, -0.2) is 282 Å². The fourth-order valence-electron chi connectivity index (χ4n) is 13.4. The normalized spacial score (nSPS) is 29.7. The first-order valence-electron chi connectivity index (χ1n) is 36.8. The van der Waals surface area contributed by atoms with Crippen molar-refractivity contribution in [2.24, 2.45) is 5.73 Å². The number of hydrazine groups is 1. The summed E-state index contributed by atoms with van der Waals surface area (Å²) >= 11 is 2.74. The number of ether oxygens (including phenoxy) is 12. The van der Waals surface area contributed by atoms with Gasteiger partial charge in [0.2, 0.25) is 52.6 Å². The highest BCUT2D eigenvalue weighted by molar-refractivity contribution is 14.1. The van der Waals surface area contributed by atoms with Crippen molar-refractivity contribution >= 4 is 114 Å². The van der Waals surface area contributed by atoms with Crippen LogP contribution in [-0.2, 0) is 85.8 Å². The second-order valence-electron chi connectivity index (χ2n) is 28.1. The second kappa shape index (κ2) is 43.7. The number of amides is 8. The average molecular weight is 1790 g/mol. The number of halogens is 1. The van der Waals surface area contributed by atoms with Gasteiger partial charge in [0, 0.05) is 88.5 Å². The van der Waals surface area contributed by atoms with Gasteiger partial charge in [-0.15, -0.1) is 0 Å². The van der Waals surface area contributed by atoms with Crippen molar-refractivity contribution in [1.29, 1.82) is 0 Å². The number of likely N-dealkylation sites (N-methyl/N-ethyl adjacent to an activating group) is 1. The van der Waals surface area contributed by atoms with E-state index >= 15 is 0 Å². The summed E-state index contributed by atoms with van der Waals surface area (Å²) in [6, 6.07) is -4.57. The smallest absolute Gasteiger partial charge is 0.411 e. The molecule has 37 nitrogen and oxygen atoms in total. The number of primary amides is 1. The summed E-state index contributed by atoms with van der Waals surface area (Å²) in [6.45, 7) is 14.6. The molecule has 0 spiro atoms. The van der Waals surface area contributed by atoms with Gasteiger partial charge in [0.15, 0.2) is 41.8 Å². The number of rotatable bonds is 34. The number of Topliss-reactive ketones (excluding diaryl/α,β-unsaturated/α-hetero) is 1. The van der Waals surface area contributed by atoms with E-state index in [2.05, 4.69) is 61.3 Å². The van der Waals surface area contributed by atoms with Crippen molar-refractivity contribution in [1.82, 2.24) is 42.5 Å². The Morgan fingerprint density at radius 1 is 0.826 bits per heavy atom. The van der Waals surface area contributed by atoms with E-state index in [1.807, 2.05) is 22.6 Å². The number of nitrogens with one attached hydrogen (secondary N) is 7. The first-order chi connectivity index (χ1) is 54.4. The van der Waals surface area contributed by atoms with Gasteiger partial charge in [0.1, 0.15) is 48.7 Å². The number of fused-ring (bicyclic) bond motifs is 2. The van der Waals surface area contributed by atoms with Gasteiger partial charge in [-0.1, -0.05) is 63.1 Å². The largest absolute Gasteiger partial charge is 0.492 e. The van der Waals surface area contributed by atoms with E-state index in [0.717, 1.165) is 18.9 Å². The number of carbonyl (C=O) groups excluding carboxylic acids is 10. The highest BCUT2D eigenvalue weighted by atomic mass is 127. The number of carbonyl (C=O) groups is 10. The molecule has 4 aliphatic heterocycles. The molecular formula is C74H104IN9O28S3. The minimum atomic E-state index is -2.31. The van der Waals surface area contributed by atoms with E-state index in [1.54, 1.807) is 53.4 Å². The van der Waals surface area contributed by atoms with Gasteiger partial charge in [0.05, 0.1) is 103 Å². The lowest BCUT2D eigenvalue weighted by atomic mass is 9.75. The lowest BCUT2D eigenvalue weighted by molar-refractivity contribution is -0.337. The molecule has 1 aromatic rings. The Kier molecular flexibility index (Phi) is 36.1. The molecule has 8 amide bonds. The summed E-state index contributed by atoms with van der Waals surface area (Å²) in [7, 11) is 10.3. The maximum atomic E-state index is 14.6. The zero-order valence-corrected chi connectivity index (χ0v) is 70.9. The molecule has 21 atom stereocenters. The second-order valence-corrected chi connectivity index (χ2v) is 33.4. The van der Waals surface area contributed by atoms with E-state index in [0.29, 0.717) is 15.7 Å². The summed E-state index contributed by atoms with van der Waals surface area (Å²) in [6.07, 6.45) is -17.6. The number of ketones is 1. The zero-order chi connectivity index (χ0) is 85.1. The van der Waals surface area contributed by atoms with Crippen LogP contribution in [0, 0.1) is 34.2 Å². The minimum absolute atomic E-state index is 0.00782. The predicted molar refractivity (Wildman–Crippen MR) is 422 cm³/mol. The molecule has 2 aliphatic carbocycles. The van der Waals surface area contributed by atoms with Crippen LogP contribution in [0.3, 0.4) is 0 Å². The third-order valence-corrected chi connectivity index (χ3v) is 25.2. The van der Waals surface area contributed by atoms with Gasteiger partial charge < -0.3 is 109 Å². The fourth-order valence-corrected chi connectivity index (χ4v) is 17.5. The number of nitrogens with two attached hydrogens (primary N) is 1. The van der Waals surface area contributed by atoms with E-state index in [-0.39, 0.29) is 96.7 Å². The van der Waals surface area contributed by atoms with Crippen molar-refractivity contribution in [2.45, 2.75) is 246 Å².